The molecular formula is C14H17FN6O2S. The van der Waals surface area contributed by atoms with Crippen molar-refractivity contribution in [2.24, 2.45) is 11.7 Å². The third-order valence-corrected chi connectivity index (χ3v) is 4.59. The maximum Gasteiger partial charge on any atom is 0.318 e. The molecular weight excluding hydrogens is 335 g/mol. The quantitative estimate of drug-likeness (QED) is 0.546. The van der Waals surface area contributed by atoms with E-state index in [1.807, 2.05) is 19.2 Å². The van der Waals surface area contributed by atoms with Gasteiger partial charge in [-0.2, -0.15) is 0 Å². The first-order valence-electron chi connectivity index (χ1n) is 7.03. The van der Waals surface area contributed by atoms with E-state index in [2.05, 4.69) is 10.2 Å². The Hall–Kier alpha value is -2.62. The van der Waals surface area contributed by atoms with E-state index in [0.29, 0.717) is 5.56 Å². The average Bonchev–Trinajstić information content (AvgIpc) is 2.84. The molecule has 24 heavy (non-hydrogen) atoms. The highest BCUT2D eigenvalue weighted by Gasteiger charge is 2.27. The molecule has 0 saturated carbocycles. The summed E-state index contributed by atoms with van der Waals surface area (Å²) in [6.45, 7) is 3.62. The van der Waals surface area contributed by atoms with Gasteiger partial charge >= 0.3 is 6.03 Å². The molecule has 8 nitrogen and oxygen atoms in total. The Morgan fingerprint density at radius 3 is 2.62 bits per heavy atom. The number of urea groups is 1. The molecule has 0 aliphatic carbocycles. The number of carbonyl (C=O) groups is 2. The number of hydrogen-bond donors (Lipinski definition) is 3. The zero-order valence-corrected chi connectivity index (χ0v) is 13.9. The topological polar surface area (TPSA) is 129 Å². The number of thioether (sulfide) groups is 1. The lowest BCUT2D eigenvalue weighted by Crippen LogP contribution is -2.42. The van der Waals surface area contributed by atoms with Crippen LogP contribution >= 0.6 is 11.8 Å². The summed E-state index contributed by atoms with van der Waals surface area (Å²) in [6.07, 6.45) is 0. The number of amides is 3. The molecule has 2 rings (SSSR count). The Balaban J connectivity index is 2.26. The van der Waals surface area contributed by atoms with Gasteiger partial charge in [0.25, 0.3) is 0 Å². The number of nitrogen functional groups attached to an aromatic ring is 1. The molecule has 128 valence electrons. The van der Waals surface area contributed by atoms with Gasteiger partial charge in [0.15, 0.2) is 5.82 Å². The Bertz CT molecular complexity index is 763. The number of carbonyl (C=O) groups excluding carboxylic acids is 2. The lowest BCUT2D eigenvalue weighted by molar-refractivity contribution is -0.120. The number of imide groups is 1. The normalized spacial score (nSPS) is 12.2. The van der Waals surface area contributed by atoms with Gasteiger partial charge in [-0.05, 0) is 18.1 Å². The number of nitrogens with two attached hydrogens (primary N) is 2. The molecule has 2 aromatic rings. The van der Waals surface area contributed by atoms with Gasteiger partial charge in [-0.15, -0.1) is 10.2 Å². The van der Waals surface area contributed by atoms with Gasteiger partial charge < -0.3 is 11.6 Å². The summed E-state index contributed by atoms with van der Waals surface area (Å²) < 4.78 is 14.5. The summed E-state index contributed by atoms with van der Waals surface area (Å²) in [4.78, 5) is 22.9. The van der Waals surface area contributed by atoms with Crippen molar-refractivity contribution in [3.63, 3.8) is 0 Å². The predicted octanol–water partition coefficient (Wildman–Crippen LogP) is 1.11. The number of halogens is 1. The molecule has 0 radical (unpaired) electrons. The third kappa shape index (κ3) is 4.02. The van der Waals surface area contributed by atoms with Gasteiger partial charge in [0.1, 0.15) is 5.82 Å². The van der Waals surface area contributed by atoms with Gasteiger partial charge in [-0.1, -0.05) is 37.7 Å². The molecule has 0 bridgehead atoms. The minimum absolute atomic E-state index is 0.122. The van der Waals surface area contributed by atoms with E-state index < -0.39 is 23.0 Å². The second kappa shape index (κ2) is 7.30. The van der Waals surface area contributed by atoms with Crippen molar-refractivity contribution in [1.29, 1.82) is 0 Å². The van der Waals surface area contributed by atoms with Crippen LogP contribution in [0.4, 0.5) is 9.18 Å². The van der Waals surface area contributed by atoms with Crippen molar-refractivity contribution >= 4 is 23.7 Å². The highest BCUT2D eigenvalue weighted by molar-refractivity contribution is 8.00. The molecule has 1 aromatic carbocycles. The highest BCUT2D eigenvalue weighted by atomic mass is 32.2. The molecule has 0 unspecified atom stereocenters. The van der Waals surface area contributed by atoms with Crippen molar-refractivity contribution in [3.05, 3.63) is 30.1 Å². The van der Waals surface area contributed by atoms with Crippen LogP contribution in [0.15, 0.2) is 29.4 Å². The van der Waals surface area contributed by atoms with E-state index in [1.54, 1.807) is 6.07 Å². The molecule has 0 spiro atoms. The summed E-state index contributed by atoms with van der Waals surface area (Å²) in [5.41, 5.74) is 5.43. The number of nitrogens with zero attached hydrogens (tertiary/aromatic N) is 3. The molecule has 5 N–H and O–H groups in total. The monoisotopic (exact) mass is 352 g/mol. The summed E-state index contributed by atoms with van der Waals surface area (Å²) in [5, 5.41) is 9.52. The number of primary amides is 1. The van der Waals surface area contributed by atoms with Crippen molar-refractivity contribution in [1.82, 2.24) is 20.2 Å². The second-order valence-corrected chi connectivity index (χ2v) is 6.43. The SMILES string of the molecule is CC(C)[C@H](Sc1nnc(-c2cccc(F)c2)n1N)C(=O)NC(N)=O. The average molecular weight is 352 g/mol. The molecule has 0 aliphatic rings. The Kier molecular flexibility index (Phi) is 5.39. The van der Waals surface area contributed by atoms with Crippen LogP contribution in [0.25, 0.3) is 11.4 Å². The van der Waals surface area contributed by atoms with E-state index in [1.165, 1.54) is 22.9 Å². The van der Waals surface area contributed by atoms with Gasteiger partial charge in [-0.3, -0.25) is 10.1 Å². The summed E-state index contributed by atoms with van der Waals surface area (Å²) in [7, 11) is 0. The number of aromatic nitrogens is 3. The first-order valence-corrected chi connectivity index (χ1v) is 7.91. The van der Waals surface area contributed by atoms with Crippen LogP contribution in [0.2, 0.25) is 0 Å². The van der Waals surface area contributed by atoms with Gasteiger partial charge in [-0.25, -0.2) is 13.9 Å². The van der Waals surface area contributed by atoms with Crippen LogP contribution in [0.3, 0.4) is 0 Å². The van der Waals surface area contributed by atoms with Crippen molar-refractivity contribution in [2.75, 3.05) is 5.84 Å². The molecule has 3 amide bonds. The van der Waals surface area contributed by atoms with E-state index in [4.69, 9.17) is 11.6 Å². The van der Waals surface area contributed by atoms with Crippen LogP contribution in [0.1, 0.15) is 13.8 Å². The van der Waals surface area contributed by atoms with Gasteiger partial charge in [0.2, 0.25) is 11.1 Å². The van der Waals surface area contributed by atoms with Gasteiger partial charge in [0.05, 0.1) is 5.25 Å². The maximum atomic E-state index is 13.3. The number of hydrogen-bond acceptors (Lipinski definition) is 6. The second-order valence-electron chi connectivity index (χ2n) is 5.32. The fourth-order valence-electron chi connectivity index (χ4n) is 1.98. The lowest BCUT2D eigenvalue weighted by Gasteiger charge is -2.17. The standard InChI is InChI=1S/C14H17FN6O2S/c1-7(2)10(12(22)18-13(16)23)24-14-20-19-11(21(14)17)8-4-3-5-9(15)6-8/h3-7,10H,17H2,1-2H3,(H3,16,18,22,23)/t10-/m0/s1. The van der Waals surface area contributed by atoms with Crippen molar-refractivity contribution in [2.45, 2.75) is 24.3 Å². The first-order chi connectivity index (χ1) is 11.3. The third-order valence-electron chi connectivity index (χ3n) is 3.09. The van der Waals surface area contributed by atoms with Crippen molar-refractivity contribution < 1.29 is 14.0 Å². The Morgan fingerprint density at radius 1 is 1.33 bits per heavy atom. The van der Waals surface area contributed by atoms with Gasteiger partial charge in [0, 0.05) is 5.56 Å². The smallest absolute Gasteiger partial charge is 0.318 e. The van der Waals surface area contributed by atoms with Crippen LogP contribution in [0.5, 0.6) is 0 Å². The minimum atomic E-state index is -0.930. The molecule has 1 heterocycles. The van der Waals surface area contributed by atoms with Crippen LogP contribution in [0, 0.1) is 11.7 Å². The lowest BCUT2D eigenvalue weighted by atomic mass is 10.1. The van der Waals surface area contributed by atoms with E-state index in [0.717, 1.165) is 11.8 Å². The summed E-state index contributed by atoms with van der Waals surface area (Å²) in [6, 6.07) is 4.83. The minimum Gasteiger partial charge on any atom is -0.351 e. The predicted molar refractivity (Wildman–Crippen MR) is 87.8 cm³/mol. The molecule has 1 atom stereocenters. The largest absolute Gasteiger partial charge is 0.351 e. The molecule has 0 saturated heterocycles. The maximum absolute atomic E-state index is 13.3. The van der Waals surface area contributed by atoms with E-state index >= 15 is 0 Å². The molecule has 0 aliphatic heterocycles. The van der Waals surface area contributed by atoms with Crippen LogP contribution < -0.4 is 16.9 Å². The van der Waals surface area contributed by atoms with Crippen LogP contribution in [-0.4, -0.2) is 32.1 Å². The Labute approximate surface area is 141 Å². The summed E-state index contributed by atoms with van der Waals surface area (Å²) >= 11 is 1.04. The van der Waals surface area contributed by atoms with Crippen molar-refractivity contribution in [3.8, 4) is 11.4 Å². The van der Waals surface area contributed by atoms with E-state index in [9.17, 15) is 14.0 Å². The summed E-state index contributed by atoms with van der Waals surface area (Å²) in [5.74, 6) is 5.13. The number of nitrogens with one attached hydrogen (secondary N) is 1. The zero-order chi connectivity index (χ0) is 17.9. The first kappa shape index (κ1) is 17.7. The fourth-order valence-corrected chi connectivity index (χ4v) is 2.93. The van der Waals surface area contributed by atoms with E-state index in [-0.39, 0.29) is 16.9 Å². The Morgan fingerprint density at radius 2 is 2.04 bits per heavy atom. The number of benzene rings is 1. The molecule has 0 fully saturated rings. The van der Waals surface area contributed by atoms with Crippen LogP contribution in [-0.2, 0) is 4.79 Å². The fraction of sp³-hybridized carbons (Fsp3) is 0.286. The molecule has 10 heteroatoms. The molecule has 1 aromatic heterocycles. The highest BCUT2D eigenvalue weighted by Crippen LogP contribution is 2.28. The number of rotatable bonds is 5. The zero-order valence-electron chi connectivity index (χ0n) is 13.1.